The van der Waals surface area contributed by atoms with Gasteiger partial charge < -0.3 is 10.3 Å². The molecule has 0 aliphatic rings. The Morgan fingerprint density at radius 3 is 2.68 bits per heavy atom. The van der Waals surface area contributed by atoms with Crippen LogP contribution in [0.2, 0.25) is 5.02 Å². The number of hydrogen-bond donors (Lipinski definition) is 3. The molecule has 4 rings (SSSR count). The van der Waals surface area contributed by atoms with Gasteiger partial charge >= 0.3 is 0 Å². The summed E-state index contributed by atoms with van der Waals surface area (Å²) in [7, 11) is 0. The van der Waals surface area contributed by atoms with Crippen LogP contribution in [0, 0.1) is 0 Å². The number of hydrogen-bond acceptors (Lipinski definition) is 4. The Morgan fingerprint density at radius 2 is 1.90 bits per heavy atom. The van der Waals surface area contributed by atoms with Crippen LogP contribution in [-0.4, -0.2) is 29.1 Å². The molecule has 3 N–H and O–H groups in total. The van der Waals surface area contributed by atoms with E-state index in [1.54, 1.807) is 36.4 Å². The number of carbonyl (C=O) groups is 2. The van der Waals surface area contributed by atoms with Gasteiger partial charge in [-0.05, 0) is 40.8 Å². The molecule has 1 unspecified atom stereocenters. The highest BCUT2D eigenvalue weighted by molar-refractivity contribution is 7.12. The molecule has 0 bridgehead atoms. The molecule has 0 fully saturated rings. The molecule has 0 saturated carbocycles. The van der Waals surface area contributed by atoms with E-state index >= 15 is 0 Å². The molecule has 0 aliphatic heterocycles. The van der Waals surface area contributed by atoms with Crippen LogP contribution in [0.1, 0.15) is 20.8 Å². The van der Waals surface area contributed by atoms with E-state index in [-0.39, 0.29) is 5.91 Å². The van der Waals surface area contributed by atoms with Gasteiger partial charge in [0.25, 0.3) is 11.8 Å². The number of halogens is 1. The summed E-state index contributed by atoms with van der Waals surface area (Å²) < 4.78 is 0. The third-order valence-corrected chi connectivity index (χ3v) is 5.84. The third kappa shape index (κ3) is 5.20. The van der Waals surface area contributed by atoms with Crippen molar-refractivity contribution in [3.63, 3.8) is 0 Å². The summed E-state index contributed by atoms with van der Waals surface area (Å²) in [6.07, 6.45) is 3.71. The first kappa shape index (κ1) is 20.8. The topological polar surface area (TPSA) is 86.3 Å². The standard InChI is InChI=1S/C23H19ClN4O2S/c24-17-9-7-15(8-10-17)13-26-28-22(29)20(27-23(30)21-6-3-11-31-21)12-16-14-25-19-5-2-1-4-18(16)19/h1-11,13-14,20,25H,12H2,(H,27,30)(H,28,29)/b26-13+. The smallest absolute Gasteiger partial charge is 0.262 e. The van der Waals surface area contributed by atoms with E-state index in [4.69, 9.17) is 11.6 Å². The number of aromatic amines is 1. The molecule has 1 atom stereocenters. The summed E-state index contributed by atoms with van der Waals surface area (Å²) in [5.41, 5.74) is 5.23. The number of carbonyl (C=O) groups excluding carboxylic acids is 2. The van der Waals surface area contributed by atoms with E-state index < -0.39 is 11.9 Å². The number of benzene rings is 2. The second kappa shape index (κ2) is 9.59. The number of amides is 2. The van der Waals surface area contributed by atoms with E-state index in [0.29, 0.717) is 16.3 Å². The second-order valence-electron chi connectivity index (χ2n) is 6.85. The fourth-order valence-electron chi connectivity index (χ4n) is 3.16. The lowest BCUT2D eigenvalue weighted by Gasteiger charge is -2.16. The molecule has 156 valence electrons. The first-order chi connectivity index (χ1) is 15.1. The number of fused-ring (bicyclic) bond motifs is 1. The van der Waals surface area contributed by atoms with E-state index in [0.717, 1.165) is 22.0 Å². The monoisotopic (exact) mass is 450 g/mol. The first-order valence-corrected chi connectivity index (χ1v) is 10.8. The SMILES string of the molecule is O=C(NC(Cc1c[nH]c2ccccc12)C(=O)N/N=C/c1ccc(Cl)cc1)c1cccs1. The fourth-order valence-corrected chi connectivity index (χ4v) is 3.92. The minimum Gasteiger partial charge on any atom is -0.361 e. The van der Waals surface area contributed by atoms with Gasteiger partial charge in [0.05, 0.1) is 11.1 Å². The van der Waals surface area contributed by atoms with E-state index in [1.807, 2.05) is 35.8 Å². The molecular weight excluding hydrogens is 432 g/mol. The van der Waals surface area contributed by atoms with Crippen molar-refractivity contribution in [2.24, 2.45) is 5.10 Å². The van der Waals surface area contributed by atoms with Crippen LogP contribution in [0.25, 0.3) is 10.9 Å². The quantitative estimate of drug-likeness (QED) is 0.288. The minimum atomic E-state index is -0.795. The van der Waals surface area contributed by atoms with Crippen molar-refractivity contribution in [1.29, 1.82) is 0 Å². The lowest BCUT2D eigenvalue weighted by atomic mass is 10.0. The number of nitrogens with zero attached hydrogens (tertiary/aromatic N) is 1. The Balaban J connectivity index is 1.51. The lowest BCUT2D eigenvalue weighted by molar-refractivity contribution is -0.122. The first-order valence-electron chi connectivity index (χ1n) is 9.58. The van der Waals surface area contributed by atoms with Gasteiger partial charge in [0.2, 0.25) is 0 Å². The van der Waals surface area contributed by atoms with Crippen LogP contribution >= 0.6 is 22.9 Å². The van der Waals surface area contributed by atoms with Gasteiger partial charge in [-0.25, -0.2) is 5.43 Å². The molecule has 4 aromatic rings. The van der Waals surface area contributed by atoms with Crippen molar-refractivity contribution in [3.05, 3.63) is 93.3 Å². The summed E-state index contributed by atoms with van der Waals surface area (Å²) >= 11 is 7.20. The van der Waals surface area contributed by atoms with Crippen molar-refractivity contribution >= 4 is 51.9 Å². The normalized spacial score (nSPS) is 12.2. The van der Waals surface area contributed by atoms with Gasteiger partial charge in [-0.2, -0.15) is 5.10 Å². The fraction of sp³-hybridized carbons (Fsp3) is 0.0870. The number of nitrogens with one attached hydrogen (secondary N) is 3. The van der Waals surface area contributed by atoms with Gasteiger partial charge in [-0.1, -0.05) is 48.0 Å². The van der Waals surface area contributed by atoms with E-state index in [1.165, 1.54) is 17.6 Å². The molecule has 2 heterocycles. The van der Waals surface area contributed by atoms with Crippen LogP contribution in [0.5, 0.6) is 0 Å². The lowest BCUT2D eigenvalue weighted by Crippen LogP contribution is -2.46. The molecule has 0 aliphatic carbocycles. The van der Waals surface area contributed by atoms with Gasteiger partial charge in [0.15, 0.2) is 0 Å². The highest BCUT2D eigenvalue weighted by atomic mass is 35.5. The summed E-state index contributed by atoms with van der Waals surface area (Å²) in [5.74, 6) is -0.697. The number of aromatic nitrogens is 1. The zero-order valence-corrected chi connectivity index (χ0v) is 17.9. The van der Waals surface area contributed by atoms with Crippen molar-refractivity contribution in [1.82, 2.24) is 15.7 Å². The van der Waals surface area contributed by atoms with Crippen LogP contribution in [0.3, 0.4) is 0 Å². The highest BCUT2D eigenvalue weighted by Gasteiger charge is 2.23. The van der Waals surface area contributed by atoms with Gasteiger partial charge in [-0.3, -0.25) is 9.59 Å². The maximum atomic E-state index is 12.9. The van der Waals surface area contributed by atoms with Gasteiger partial charge in [0.1, 0.15) is 6.04 Å². The maximum absolute atomic E-state index is 12.9. The van der Waals surface area contributed by atoms with Crippen LogP contribution in [0.15, 0.2) is 77.3 Å². The minimum absolute atomic E-state index is 0.295. The summed E-state index contributed by atoms with van der Waals surface area (Å²) in [5, 5.41) is 10.3. The Labute approximate surface area is 187 Å². The Hall–Kier alpha value is -3.42. The Morgan fingerprint density at radius 1 is 1.10 bits per heavy atom. The largest absolute Gasteiger partial charge is 0.361 e. The second-order valence-corrected chi connectivity index (χ2v) is 8.24. The molecule has 31 heavy (non-hydrogen) atoms. The molecule has 0 saturated heterocycles. The van der Waals surface area contributed by atoms with E-state index in [9.17, 15) is 9.59 Å². The summed E-state index contributed by atoms with van der Waals surface area (Å²) in [6.45, 7) is 0. The molecule has 2 amide bonds. The number of H-pyrrole nitrogens is 1. The molecule has 2 aromatic carbocycles. The van der Waals surface area contributed by atoms with Crippen molar-refractivity contribution < 1.29 is 9.59 Å². The Bertz CT molecular complexity index is 1220. The number of thiophene rings is 1. The molecular formula is C23H19ClN4O2S. The molecule has 0 spiro atoms. The molecule has 2 aromatic heterocycles. The zero-order chi connectivity index (χ0) is 21.6. The van der Waals surface area contributed by atoms with Gasteiger partial charge in [0, 0.05) is 28.5 Å². The molecule has 8 heteroatoms. The van der Waals surface area contributed by atoms with Crippen LogP contribution < -0.4 is 10.7 Å². The number of rotatable bonds is 7. The summed E-state index contributed by atoms with van der Waals surface area (Å²) in [6, 6.07) is 17.6. The van der Waals surface area contributed by atoms with Crippen LogP contribution in [-0.2, 0) is 11.2 Å². The average Bonchev–Trinajstić information content (AvgIpc) is 3.45. The summed E-state index contributed by atoms with van der Waals surface area (Å²) in [4.78, 5) is 29.2. The maximum Gasteiger partial charge on any atom is 0.262 e. The predicted molar refractivity (Wildman–Crippen MR) is 125 cm³/mol. The zero-order valence-electron chi connectivity index (χ0n) is 16.3. The van der Waals surface area contributed by atoms with Crippen molar-refractivity contribution in [2.75, 3.05) is 0 Å². The molecule has 0 radical (unpaired) electrons. The van der Waals surface area contributed by atoms with Crippen molar-refractivity contribution in [3.8, 4) is 0 Å². The van der Waals surface area contributed by atoms with E-state index in [2.05, 4.69) is 20.8 Å². The Kier molecular flexibility index (Phi) is 6.45. The van der Waals surface area contributed by atoms with Crippen LogP contribution in [0.4, 0.5) is 0 Å². The number of para-hydroxylation sites is 1. The predicted octanol–water partition coefficient (Wildman–Crippen LogP) is 4.37. The highest BCUT2D eigenvalue weighted by Crippen LogP contribution is 2.19. The van der Waals surface area contributed by atoms with Crippen molar-refractivity contribution in [2.45, 2.75) is 12.5 Å². The van der Waals surface area contributed by atoms with Gasteiger partial charge in [-0.15, -0.1) is 11.3 Å². The third-order valence-electron chi connectivity index (χ3n) is 4.72. The average molecular weight is 451 g/mol. The number of hydrazone groups is 1. The molecule has 6 nitrogen and oxygen atoms in total.